The van der Waals surface area contributed by atoms with E-state index in [2.05, 4.69) is 0 Å². The van der Waals surface area contributed by atoms with Crippen molar-refractivity contribution in [3.63, 3.8) is 0 Å². The first kappa shape index (κ1) is 9.55. The Labute approximate surface area is 74.1 Å². The summed E-state index contributed by atoms with van der Waals surface area (Å²) in [6.07, 6.45) is 0. The Morgan fingerprint density at radius 3 is 2.42 bits per heavy atom. The molecule has 0 amide bonds. The van der Waals surface area contributed by atoms with E-state index in [0.717, 1.165) is 6.07 Å². The molecule has 4 N–H and O–H groups in total. The van der Waals surface area contributed by atoms with Crippen LogP contribution in [0.4, 0.5) is 5.69 Å². The van der Waals surface area contributed by atoms with Gasteiger partial charge in [0.2, 0.25) is 0 Å². The summed E-state index contributed by atoms with van der Waals surface area (Å²) >= 11 is 5.52. The maximum atomic E-state index is 10.8. The second kappa shape index (κ2) is 3.07. The molecule has 0 unspecified atom stereocenters. The highest BCUT2D eigenvalue weighted by Gasteiger charge is 2.20. The van der Waals surface area contributed by atoms with E-state index in [-0.39, 0.29) is 16.0 Å². The lowest BCUT2D eigenvalue weighted by molar-refractivity contribution is 0.387. The smallest absolute Gasteiger partial charge is 0.358 e. The van der Waals surface area contributed by atoms with E-state index in [0.29, 0.717) is 0 Å². The molecule has 0 aliphatic rings. The zero-order chi connectivity index (χ0) is 9.35. The molecule has 0 saturated heterocycles. The van der Waals surface area contributed by atoms with Crippen LogP contribution < -0.4 is 11.0 Å². The summed E-state index contributed by atoms with van der Waals surface area (Å²) in [6, 6.07) is 3.99. The Morgan fingerprint density at radius 1 is 1.42 bits per heavy atom. The average molecular weight is 208 g/mol. The van der Waals surface area contributed by atoms with Crippen LogP contribution in [-0.2, 0) is 4.57 Å². The van der Waals surface area contributed by atoms with Gasteiger partial charge >= 0.3 is 7.60 Å². The van der Waals surface area contributed by atoms with Crippen molar-refractivity contribution >= 4 is 30.2 Å². The van der Waals surface area contributed by atoms with E-state index in [1.165, 1.54) is 12.1 Å². The Kier molecular flexibility index (Phi) is 2.44. The fourth-order valence-corrected chi connectivity index (χ4v) is 1.74. The minimum absolute atomic E-state index is 0.0488. The predicted octanol–water partition coefficient (Wildman–Crippen LogP) is 0.725. The van der Waals surface area contributed by atoms with E-state index in [9.17, 15) is 4.57 Å². The molecule has 0 aromatic heterocycles. The number of nitrogen functional groups attached to an aromatic ring is 1. The molecule has 12 heavy (non-hydrogen) atoms. The van der Waals surface area contributed by atoms with Crippen LogP contribution in [0.3, 0.4) is 0 Å². The molecule has 0 fully saturated rings. The van der Waals surface area contributed by atoms with Gasteiger partial charge in [-0.2, -0.15) is 0 Å². The molecule has 66 valence electrons. The van der Waals surface area contributed by atoms with Crippen LogP contribution in [0.2, 0.25) is 5.02 Å². The highest BCUT2D eigenvalue weighted by Crippen LogP contribution is 2.36. The summed E-state index contributed by atoms with van der Waals surface area (Å²) in [5.74, 6) is 0. The van der Waals surface area contributed by atoms with Gasteiger partial charge in [-0.15, -0.1) is 0 Å². The van der Waals surface area contributed by atoms with E-state index in [4.69, 9.17) is 27.1 Å². The molecular formula is C6H7ClNO3P. The van der Waals surface area contributed by atoms with Crippen molar-refractivity contribution in [3.8, 4) is 0 Å². The minimum atomic E-state index is -4.29. The molecule has 0 atom stereocenters. The lowest BCUT2D eigenvalue weighted by Gasteiger charge is -2.06. The normalized spacial score (nSPS) is 11.6. The lowest BCUT2D eigenvalue weighted by Crippen LogP contribution is -2.09. The van der Waals surface area contributed by atoms with E-state index >= 15 is 0 Å². The largest absolute Gasteiger partial charge is 0.398 e. The average Bonchev–Trinajstić information content (AvgIpc) is 1.92. The van der Waals surface area contributed by atoms with Crippen molar-refractivity contribution in [2.75, 3.05) is 5.73 Å². The van der Waals surface area contributed by atoms with Crippen molar-refractivity contribution in [2.45, 2.75) is 0 Å². The maximum absolute atomic E-state index is 10.8. The molecule has 0 heterocycles. The molecule has 1 aromatic rings. The summed E-state index contributed by atoms with van der Waals surface area (Å²) < 4.78 is 10.8. The third-order valence-electron chi connectivity index (χ3n) is 1.31. The molecule has 6 heteroatoms. The molecule has 0 aliphatic carbocycles. The van der Waals surface area contributed by atoms with Gasteiger partial charge in [0.15, 0.2) is 0 Å². The molecule has 4 nitrogen and oxygen atoms in total. The SMILES string of the molecule is Nc1ccc(Cl)cc1P(=O)(O)O. The Balaban J connectivity index is 3.33. The highest BCUT2D eigenvalue weighted by atomic mass is 35.5. The predicted molar refractivity (Wildman–Crippen MR) is 47.5 cm³/mol. The van der Waals surface area contributed by atoms with E-state index in [1.807, 2.05) is 0 Å². The number of halogens is 1. The fraction of sp³-hybridized carbons (Fsp3) is 0. The first-order chi connectivity index (χ1) is 5.41. The van der Waals surface area contributed by atoms with Crippen LogP contribution in [0.15, 0.2) is 18.2 Å². The third kappa shape index (κ3) is 1.99. The second-order valence-electron chi connectivity index (χ2n) is 2.25. The Morgan fingerprint density at radius 2 is 2.00 bits per heavy atom. The first-order valence-corrected chi connectivity index (χ1v) is 5.01. The summed E-state index contributed by atoms with van der Waals surface area (Å²) in [5, 5.41) is 0.0255. The standard InChI is InChI=1S/C6H7ClNO3P/c7-4-1-2-5(8)6(3-4)12(9,10)11/h1-3H,8H2,(H2,9,10,11). The fourth-order valence-electron chi connectivity index (χ4n) is 0.769. The first-order valence-electron chi connectivity index (χ1n) is 3.02. The van der Waals surface area contributed by atoms with Crippen LogP contribution in [0.25, 0.3) is 0 Å². The van der Waals surface area contributed by atoms with Gasteiger partial charge in [0.05, 0.1) is 5.30 Å². The zero-order valence-electron chi connectivity index (χ0n) is 5.94. The number of hydrogen-bond donors (Lipinski definition) is 3. The summed E-state index contributed by atoms with van der Waals surface area (Å²) in [6.45, 7) is 0. The quantitative estimate of drug-likeness (QED) is 0.468. The topological polar surface area (TPSA) is 83.6 Å². The van der Waals surface area contributed by atoms with E-state index < -0.39 is 7.60 Å². The van der Waals surface area contributed by atoms with Crippen LogP contribution in [0.5, 0.6) is 0 Å². The maximum Gasteiger partial charge on any atom is 0.358 e. The molecule has 0 spiro atoms. The van der Waals surface area contributed by atoms with Crippen LogP contribution >= 0.6 is 19.2 Å². The summed E-state index contributed by atoms with van der Waals surface area (Å²) in [5.41, 5.74) is 5.37. The Hall–Kier alpha value is -0.540. The highest BCUT2D eigenvalue weighted by molar-refractivity contribution is 7.60. The lowest BCUT2D eigenvalue weighted by atomic mass is 10.3. The van der Waals surface area contributed by atoms with Gasteiger partial charge in [0, 0.05) is 10.7 Å². The van der Waals surface area contributed by atoms with Crippen molar-refractivity contribution < 1.29 is 14.4 Å². The van der Waals surface area contributed by atoms with Crippen molar-refractivity contribution in [3.05, 3.63) is 23.2 Å². The molecule has 0 aliphatic heterocycles. The molecule has 0 radical (unpaired) electrons. The van der Waals surface area contributed by atoms with Gasteiger partial charge in [-0.25, -0.2) is 0 Å². The van der Waals surface area contributed by atoms with Crippen molar-refractivity contribution in [2.24, 2.45) is 0 Å². The molecule has 1 rings (SSSR count). The molecule has 0 saturated carbocycles. The number of anilines is 1. The molecular weight excluding hydrogens is 200 g/mol. The van der Waals surface area contributed by atoms with Crippen molar-refractivity contribution in [1.82, 2.24) is 0 Å². The Bertz CT molecular complexity index is 349. The van der Waals surface area contributed by atoms with Gasteiger partial charge in [-0.05, 0) is 18.2 Å². The van der Waals surface area contributed by atoms with Gasteiger partial charge in [0.1, 0.15) is 0 Å². The second-order valence-corrected chi connectivity index (χ2v) is 4.25. The summed E-state index contributed by atoms with van der Waals surface area (Å²) in [4.78, 5) is 17.5. The van der Waals surface area contributed by atoms with Gasteiger partial charge in [-0.3, -0.25) is 4.57 Å². The molecule has 0 bridgehead atoms. The van der Waals surface area contributed by atoms with Gasteiger partial charge in [0.25, 0.3) is 0 Å². The van der Waals surface area contributed by atoms with Gasteiger partial charge < -0.3 is 15.5 Å². The number of rotatable bonds is 1. The van der Waals surface area contributed by atoms with Crippen molar-refractivity contribution in [1.29, 1.82) is 0 Å². The monoisotopic (exact) mass is 207 g/mol. The third-order valence-corrected chi connectivity index (χ3v) is 2.56. The number of benzene rings is 1. The number of nitrogens with two attached hydrogens (primary N) is 1. The molecule has 1 aromatic carbocycles. The van der Waals surface area contributed by atoms with Crippen LogP contribution in [0.1, 0.15) is 0 Å². The minimum Gasteiger partial charge on any atom is -0.398 e. The summed E-state index contributed by atoms with van der Waals surface area (Å²) in [7, 11) is -4.29. The van der Waals surface area contributed by atoms with Crippen LogP contribution in [-0.4, -0.2) is 9.79 Å². The zero-order valence-corrected chi connectivity index (χ0v) is 7.59. The van der Waals surface area contributed by atoms with Gasteiger partial charge in [-0.1, -0.05) is 11.6 Å². The van der Waals surface area contributed by atoms with Crippen LogP contribution in [0, 0.1) is 0 Å². The number of hydrogen-bond acceptors (Lipinski definition) is 2. The van der Waals surface area contributed by atoms with E-state index in [1.54, 1.807) is 0 Å².